The molecule has 2 aromatic carbocycles. The van der Waals surface area contributed by atoms with Crippen molar-refractivity contribution in [2.24, 2.45) is 0 Å². The van der Waals surface area contributed by atoms with E-state index in [0.717, 1.165) is 31.7 Å². The van der Waals surface area contributed by atoms with Gasteiger partial charge in [-0.25, -0.2) is 4.79 Å². The number of carbonyl (C=O) groups excluding carboxylic acids is 1. The molecular weight excluding hydrogens is 332 g/mol. The molecule has 2 heterocycles. The number of carbonyl (C=O) groups is 1. The summed E-state index contributed by atoms with van der Waals surface area (Å²) in [5.41, 5.74) is 2.55. The molecule has 1 atom stereocenters. The molecule has 0 amide bonds. The van der Waals surface area contributed by atoms with E-state index >= 15 is 0 Å². The summed E-state index contributed by atoms with van der Waals surface area (Å²) in [6.07, 6.45) is -0.366. The van der Waals surface area contributed by atoms with Gasteiger partial charge in [0, 0.05) is 37.4 Å². The van der Waals surface area contributed by atoms with Crippen molar-refractivity contribution in [2.45, 2.75) is 6.23 Å². The van der Waals surface area contributed by atoms with E-state index in [9.17, 15) is 4.79 Å². The lowest BCUT2D eigenvalue weighted by molar-refractivity contribution is -0.0251. The molecule has 1 fully saturated rings. The van der Waals surface area contributed by atoms with Crippen molar-refractivity contribution in [3.05, 3.63) is 53.6 Å². The topological polar surface area (TPSA) is 51.2 Å². The van der Waals surface area contributed by atoms with E-state index in [1.165, 1.54) is 12.8 Å². The number of para-hydroxylation sites is 1. The zero-order chi connectivity index (χ0) is 18.1. The number of nitrogens with zero attached hydrogens (tertiary/aromatic N) is 2. The third kappa shape index (κ3) is 2.76. The molecule has 0 unspecified atom stereocenters. The molecule has 0 spiro atoms. The van der Waals surface area contributed by atoms with Crippen LogP contribution in [0, 0.1) is 0 Å². The van der Waals surface area contributed by atoms with Gasteiger partial charge in [-0.15, -0.1) is 0 Å². The van der Waals surface area contributed by atoms with Crippen LogP contribution in [0.2, 0.25) is 0 Å². The van der Waals surface area contributed by atoms with Crippen LogP contribution in [0.25, 0.3) is 0 Å². The van der Waals surface area contributed by atoms with Gasteiger partial charge in [0.2, 0.25) is 0 Å². The fraction of sp³-hybridized carbons (Fsp3) is 0.350. The zero-order valence-corrected chi connectivity index (χ0v) is 15.0. The summed E-state index contributed by atoms with van der Waals surface area (Å²) in [7, 11) is 3.10. The van der Waals surface area contributed by atoms with Gasteiger partial charge < -0.3 is 19.1 Å². The summed E-state index contributed by atoms with van der Waals surface area (Å²) in [6.45, 7) is 3.42. The number of benzene rings is 2. The van der Waals surface area contributed by atoms with Crippen molar-refractivity contribution in [3.8, 4) is 11.5 Å². The van der Waals surface area contributed by atoms with Gasteiger partial charge in [-0.2, -0.15) is 0 Å². The standard InChI is InChI=1S/C20H22N2O4/c1-24-16-9-8-15-17(18(16)25-2)20(23)26-19(15)22-12-10-21(11-13-22)14-6-4-3-5-7-14/h3-9,19H,10-13H2,1-2H3/t19-/m0/s1. The largest absolute Gasteiger partial charge is 0.493 e. The zero-order valence-electron chi connectivity index (χ0n) is 15.0. The van der Waals surface area contributed by atoms with Crippen LogP contribution >= 0.6 is 0 Å². The molecule has 0 bridgehead atoms. The normalized spacial score (nSPS) is 19.8. The lowest BCUT2D eigenvalue weighted by atomic mass is 10.1. The number of fused-ring (bicyclic) bond motifs is 1. The predicted molar refractivity (Wildman–Crippen MR) is 97.9 cm³/mol. The summed E-state index contributed by atoms with van der Waals surface area (Å²) in [4.78, 5) is 17.0. The van der Waals surface area contributed by atoms with Gasteiger partial charge in [0.15, 0.2) is 17.7 Å². The Hall–Kier alpha value is -2.73. The third-order valence-corrected chi connectivity index (χ3v) is 5.03. The van der Waals surface area contributed by atoms with Crippen molar-refractivity contribution >= 4 is 11.7 Å². The lowest BCUT2D eigenvalue weighted by Gasteiger charge is -2.38. The Labute approximate surface area is 152 Å². The number of rotatable bonds is 4. The van der Waals surface area contributed by atoms with Crippen LogP contribution in [0.15, 0.2) is 42.5 Å². The molecule has 0 aliphatic carbocycles. The summed E-state index contributed by atoms with van der Waals surface area (Å²) in [6, 6.07) is 14.1. The van der Waals surface area contributed by atoms with Crippen molar-refractivity contribution in [1.29, 1.82) is 0 Å². The quantitative estimate of drug-likeness (QED) is 0.787. The number of methoxy groups -OCH3 is 2. The van der Waals surface area contributed by atoms with Gasteiger partial charge in [-0.1, -0.05) is 18.2 Å². The van der Waals surface area contributed by atoms with E-state index in [2.05, 4.69) is 34.1 Å². The van der Waals surface area contributed by atoms with Crippen LogP contribution in [0.5, 0.6) is 11.5 Å². The molecule has 0 radical (unpaired) electrons. The Morgan fingerprint density at radius 3 is 2.35 bits per heavy atom. The summed E-state index contributed by atoms with van der Waals surface area (Å²) < 4.78 is 16.4. The second-order valence-electron chi connectivity index (χ2n) is 6.38. The maximum Gasteiger partial charge on any atom is 0.344 e. The van der Waals surface area contributed by atoms with Crippen LogP contribution in [-0.4, -0.2) is 51.3 Å². The van der Waals surface area contributed by atoms with Crippen molar-refractivity contribution < 1.29 is 19.0 Å². The molecule has 2 aliphatic heterocycles. The second-order valence-corrected chi connectivity index (χ2v) is 6.38. The third-order valence-electron chi connectivity index (χ3n) is 5.03. The molecule has 0 aromatic heterocycles. The van der Waals surface area contributed by atoms with Crippen molar-refractivity contribution in [1.82, 2.24) is 4.90 Å². The molecule has 26 heavy (non-hydrogen) atoms. The second kappa shape index (κ2) is 6.88. The number of ether oxygens (including phenoxy) is 3. The summed E-state index contributed by atoms with van der Waals surface area (Å²) in [5.74, 6) is 0.629. The van der Waals surface area contributed by atoms with E-state index in [4.69, 9.17) is 14.2 Å². The first-order chi connectivity index (χ1) is 12.7. The monoisotopic (exact) mass is 354 g/mol. The Morgan fingerprint density at radius 1 is 0.962 bits per heavy atom. The molecule has 2 aromatic rings. The predicted octanol–water partition coefficient (Wildman–Crippen LogP) is 2.70. The minimum absolute atomic E-state index is 0.355. The maximum absolute atomic E-state index is 12.5. The Kier molecular flexibility index (Phi) is 4.42. The Balaban J connectivity index is 1.54. The Bertz CT molecular complexity index is 801. The molecular formula is C20H22N2O4. The van der Waals surface area contributed by atoms with Crippen molar-refractivity contribution in [3.63, 3.8) is 0 Å². The molecule has 136 valence electrons. The van der Waals surface area contributed by atoms with Gasteiger partial charge in [-0.05, 0) is 24.3 Å². The number of hydrogen-bond donors (Lipinski definition) is 0. The highest BCUT2D eigenvalue weighted by molar-refractivity contribution is 5.98. The van der Waals surface area contributed by atoms with E-state index in [-0.39, 0.29) is 12.2 Å². The molecule has 0 saturated carbocycles. The summed E-state index contributed by atoms with van der Waals surface area (Å²) in [5, 5.41) is 0. The van der Waals surface area contributed by atoms with Crippen LogP contribution in [-0.2, 0) is 4.74 Å². The van der Waals surface area contributed by atoms with Crippen LogP contribution in [0.4, 0.5) is 5.69 Å². The van der Waals surface area contributed by atoms with Gasteiger partial charge >= 0.3 is 5.97 Å². The molecule has 6 heteroatoms. The van der Waals surface area contributed by atoms with Gasteiger partial charge in [0.05, 0.1) is 14.2 Å². The smallest absolute Gasteiger partial charge is 0.344 e. The minimum atomic E-state index is -0.366. The Morgan fingerprint density at radius 2 is 1.69 bits per heavy atom. The van der Waals surface area contributed by atoms with Crippen molar-refractivity contribution in [2.75, 3.05) is 45.3 Å². The summed E-state index contributed by atoms with van der Waals surface area (Å²) >= 11 is 0. The average Bonchev–Trinajstić information content (AvgIpc) is 3.05. The van der Waals surface area contributed by atoms with Crippen LogP contribution in [0.1, 0.15) is 22.1 Å². The molecule has 2 aliphatic rings. The van der Waals surface area contributed by atoms with E-state index in [1.54, 1.807) is 7.11 Å². The number of hydrogen-bond acceptors (Lipinski definition) is 6. The van der Waals surface area contributed by atoms with E-state index in [1.807, 2.05) is 18.2 Å². The first-order valence-corrected chi connectivity index (χ1v) is 8.73. The number of cyclic esters (lactones) is 1. The van der Waals surface area contributed by atoms with Crippen LogP contribution < -0.4 is 14.4 Å². The fourth-order valence-corrected chi connectivity index (χ4v) is 3.71. The van der Waals surface area contributed by atoms with Gasteiger partial charge in [-0.3, -0.25) is 4.90 Å². The first kappa shape index (κ1) is 16.7. The highest BCUT2D eigenvalue weighted by Crippen LogP contribution is 2.43. The molecule has 6 nitrogen and oxygen atoms in total. The lowest BCUT2D eigenvalue weighted by Crippen LogP contribution is -2.47. The average molecular weight is 354 g/mol. The van der Waals surface area contributed by atoms with Gasteiger partial charge in [0.25, 0.3) is 0 Å². The SMILES string of the molecule is COc1ccc2c(c1OC)C(=O)O[C@@H]2N1CCN(c2ccccc2)CC1. The highest BCUT2D eigenvalue weighted by Gasteiger charge is 2.39. The highest BCUT2D eigenvalue weighted by atomic mass is 16.6. The molecule has 1 saturated heterocycles. The van der Waals surface area contributed by atoms with E-state index in [0.29, 0.717) is 17.1 Å². The van der Waals surface area contributed by atoms with Gasteiger partial charge in [0.1, 0.15) is 5.56 Å². The number of piperazine rings is 1. The number of anilines is 1. The van der Waals surface area contributed by atoms with E-state index < -0.39 is 0 Å². The minimum Gasteiger partial charge on any atom is -0.493 e. The molecule has 0 N–H and O–H groups in total. The first-order valence-electron chi connectivity index (χ1n) is 8.73. The van der Waals surface area contributed by atoms with Crippen LogP contribution in [0.3, 0.4) is 0 Å². The maximum atomic E-state index is 12.5. The fourth-order valence-electron chi connectivity index (χ4n) is 3.71. The number of esters is 1. The molecule has 4 rings (SSSR count).